The Bertz CT molecular complexity index is 208. The zero-order valence-corrected chi connectivity index (χ0v) is 8.55. The smallest absolute Gasteiger partial charge is 0.308 e. The lowest BCUT2D eigenvalue weighted by Gasteiger charge is -2.23. The molecule has 4 heteroatoms. The highest BCUT2D eigenvalue weighted by Gasteiger charge is 2.47. The minimum atomic E-state index is -0.0330. The van der Waals surface area contributed by atoms with E-state index in [1.165, 1.54) is 7.11 Å². The number of nitrogens with two attached hydrogens (primary N) is 1. The lowest BCUT2D eigenvalue weighted by Crippen LogP contribution is -2.32. The zero-order valence-electron chi connectivity index (χ0n) is 7.73. The molecule has 0 aliphatic heterocycles. The third-order valence-corrected chi connectivity index (χ3v) is 3.42. The molecule has 0 amide bonds. The van der Waals surface area contributed by atoms with E-state index in [9.17, 15) is 4.79 Å². The Balaban J connectivity index is 0.000000845. The Morgan fingerprint density at radius 1 is 1.31 bits per heavy atom. The van der Waals surface area contributed by atoms with Crippen LogP contribution in [-0.2, 0) is 9.53 Å². The fourth-order valence-electron chi connectivity index (χ4n) is 2.76. The fourth-order valence-corrected chi connectivity index (χ4v) is 2.76. The van der Waals surface area contributed by atoms with Crippen LogP contribution in [-0.4, -0.2) is 19.1 Å². The van der Waals surface area contributed by atoms with Crippen molar-refractivity contribution in [2.75, 3.05) is 7.11 Å². The molecule has 13 heavy (non-hydrogen) atoms. The van der Waals surface area contributed by atoms with Gasteiger partial charge in [0.2, 0.25) is 0 Å². The first-order chi connectivity index (χ1) is 5.72. The van der Waals surface area contributed by atoms with Gasteiger partial charge in [-0.3, -0.25) is 4.79 Å². The molecule has 2 aliphatic rings. The van der Waals surface area contributed by atoms with E-state index < -0.39 is 0 Å². The number of fused-ring (bicyclic) bond motifs is 2. The Morgan fingerprint density at radius 3 is 2.38 bits per heavy atom. The van der Waals surface area contributed by atoms with Gasteiger partial charge in [0, 0.05) is 6.04 Å². The third kappa shape index (κ3) is 1.67. The number of esters is 1. The summed E-state index contributed by atoms with van der Waals surface area (Å²) in [5, 5.41) is 0. The summed E-state index contributed by atoms with van der Waals surface area (Å²) in [6, 6.07) is 0.343. The molecule has 3 nitrogen and oxygen atoms in total. The summed E-state index contributed by atoms with van der Waals surface area (Å²) in [4.78, 5) is 11.2. The van der Waals surface area contributed by atoms with Crippen LogP contribution < -0.4 is 5.73 Å². The molecule has 2 aliphatic carbocycles. The first kappa shape index (κ1) is 10.8. The number of ether oxygens (including phenoxy) is 1. The highest BCUT2D eigenvalue weighted by atomic mass is 35.5. The minimum Gasteiger partial charge on any atom is -0.469 e. The van der Waals surface area contributed by atoms with E-state index in [1.807, 2.05) is 0 Å². The fraction of sp³-hybridized carbons (Fsp3) is 0.889. The maximum atomic E-state index is 11.2. The van der Waals surface area contributed by atoms with Crippen molar-refractivity contribution in [1.82, 2.24) is 0 Å². The van der Waals surface area contributed by atoms with Crippen LogP contribution in [0.15, 0.2) is 0 Å². The summed E-state index contributed by atoms with van der Waals surface area (Å²) < 4.78 is 4.74. The van der Waals surface area contributed by atoms with E-state index >= 15 is 0 Å². The van der Waals surface area contributed by atoms with Crippen LogP contribution in [0.1, 0.15) is 19.3 Å². The van der Waals surface area contributed by atoms with E-state index in [-0.39, 0.29) is 24.3 Å². The number of rotatable bonds is 1. The van der Waals surface area contributed by atoms with E-state index in [4.69, 9.17) is 10.5 Å². The van der Waals surface area contributed by atoms with Crippen molar-refractivity contribution in [2.45, 2.75) is 25.3 Å². The van der Waals surface area contributed by atoms with Crippen LogP contribution >= 0.6 is 12.4 Å². The number of hydrogen-bond donors (Lipinski definition) is 1. The molecule has 0 aromatic carbocycles. The van der Waals surface area contributed by atoms with Crippen LogP contribution in [0.25, 0.3) is 0 Å². The molecular weight excluding hydrogens is 190 g/mol. The van der Waals surface area contributed by atoms with E-state index in [0.717, 1.165) is 19.3 Å². The predicted octanol–water partition coefficient (Wildman–Crippen LogP) is 0.955. The normalized spacial score (nSPS) is 41.4. The summed E-state index contributed by atoms with van der Waals surface area (Å²) in [5.74, 6) is 1.21. The molecule has 0 radical (unpaired) electrons. The van der Waals surface area contributed by atoms with Crippen molar-refractivity contribution in [3.05, 3.63) is 0 Å². The largest absolute Gasteiger partial charge is 0.469 e. The van der Waals surface area contributed by atoms with Crippen LogP contribution in [0.2, 0.25) is 0 Å². The molecule has 0 aromatic heterocycles. The summed E-state index contributed by atoms with van der Waals surface area (Å²) >= 11 is 0. The first-order valence-corrected chi connectivity index (χ1v) is 4.55. The lowest BCUT2D eigenvalue weighted by molar-refractivity contribution is -0.147. The van der Waals surface area contributed by atoms with Crippen LogP contribution in [0.3, 0.4) is 0 Å². The van der Waals surface area contributed by atoms with Crippen molar-refractivity contribution < 1.29 is 9.53 Å². The maximum Gasteiger partial charge on any atom is 0.308 e. The third-order valence-electron chi connectivity index (χ3n) is 3.42. The second-order valence-corrected chi connectivity index (χ2v) is 4.02. The van der Waals surface area contributed by atoms with Crippen LogP contribution in [0.4, 0.5) is 0 Å². The van der Waals surface area contributed by atoms with Crippen molar-refractivity contribution >= 4 is 18.4 Å². The highest BCUT2D eigenvalue weighted by molar-refractivity contribution is 5.85. The second-order valence-electron chi connectivity index (χ2n) is 4.02. The molecule has 0 saturated heterocycles. The Labute approximate surface area is 84.4 Å². The molecular formula is C9H16ClNO2. The molecule has 2 fully saturated rings. The summed E-state index contributed by atoms with van der Waals surface area (Å²) in [6.45, 7) is 0. The van der Waals surface area contributed by atoms with E-state index in [0.29, 0.717) is 17.9 Å². The van der Waals surface area contributed by atoms with Gasteiger partial charge >= 0.3 is 5.97 Å². The predicted molar refractivity (Wildman–Crippen MR) is 51.6 cm³/mol. The molecule has 2 saturated carbocycles. The quantitative estimate of drug-likeness (QED) is 0.649. The summed E-state index contributed by atoms with van der Waals surface area (Å²) in [7, 11) is 1.47. The average molecular weight is 206 g/mol. The van der Waals surface area contributed by atoms with Crippen molar-refractivity contribution in [1.29, 1.82) is 0 Å². The first-order valence-electron chi connectivity index (χ1n) is 4.55. The van der Waals surface area contributed by atoms with Gasteiger partial charge in [0.15, 0.2) is 0 Å². The second kappa shape index (κ2) is 3.84. The number of halogens is 1. The Morgan fingerprint density at radius 2 is 2.00 bits per heavy atom. The lowest BCUT2D eigenvalue weighted by atomic mass is 9.86. The molecule has 1 unspecified atom stereocenters. The summed E-state index contributed by atoms with van der Waals surface area (Å²) in [5.41, 5.74) is 5.87. The molecule has 0 aromatic rings. The van der Waals surface area contributed by atoms with Gasteiger partial charge in [0.25, 0.3) is 0 Å². The number of carbonyl (C=O) groups is 1. The zero-order chi connectivity index (χ0) is 8.72. The molecule has 76 valence electrons. The molecule has 0 heterocycles. The molecule has 2 bridgehead atoms. The van der Waals surface area contributed by atoms with Crippen molar-refractivity contribution in [3.8, 4) is 0 Å². The van der Waals surface area contributed by atoms with E-state index in [2.05, 4.69) is 0 Å². The highest BCUT2D eigenvalue weighted by Crippen LogP contribution is 2.47. The van der Waals surface area contributed by atoms with Crippen LogP contribution in [0.5, 0.6) is 0 Å². The monoisotopic (exact) mass is 205 g/mol. The Kier molecular flexibility index (Phi) is 3.19. The molecule has 0 spiro atoms. The maximum absolute atomic E-state index is 11.2. The van der Waals surface area contributed by atoms with E-state index in [1.54, 1.807) is 0 Å². The number of carbonyl (C=O) groups excluding carboxylic acids is 1. The average Bonchev–Trinajstić information content (AvgIpc) is 2.60. The van der Waals surface area contributed by atoms with Gasteiger partial charge in [-0.1, -0.05) is 0 Å². The Hall–Kier alpha value is -0.280. The van der Waals surface area contributed by atoms with Gasteiger partial charge in [-0.05, 0) is 31.1 Å². The van der Waals surface area contributed by atoms with Gasteiger partial charge in [-0.15, -0.1) is 12.4 Å². The van der Waals surface area contributed by atoms with Gasteiger partial charge in [-0.25, -0.2) is 0 Å². The topological polar surface area (TPSA) is 52.3 Å². The molecule has 2 N–H and O–H groups in total. The van der Waals surface area contributed by atoms with Gasteiger partial charge in [0.05, 0.1) is 13.0 Å². The number of methoxy groups -OCH3 is 1. The molecule has 4 atom stereocenters. The minimum absolute atomic E-state index is 0. The number of hydrogen-bond acceptors (Lipinski definition) is 3. The molecule has 2 rings (SSSR count). The van der Waals surface area contributed by atoms with Gasteiger partial charge < -0.3 is 10.5 Å². The van der Waals surface area contributed by atoms with Crippen LogP contribution in [0, 0.1) is 17.8 Å². The van der Waals surface area contributed by atoms with Gasteiger partial charge in [-0.2, -0.15) is 0 Å². The van der Waals surface area contributed by atoms with Crippen molar-refractivity contribution in [2.24, 2.45) is 23.5 Å². The SMILES string of the molecule is COC(=O)[C@@H]1C[C@H]2C[C@@H]1CC2N.Cl. The standard InChI is InChI=1S/C9H15NO2.ClH/c1-12-9(11)7-3-6-2-5(7)4-8(6)10;/h5-8H,2-4,10H2,1H3;1H/t5-,6-,7-,8?;/m1./s1. The van der Waals surface area contributed by atoms with Crippen molar-refractivity contribution in [3.63, 3.8) is 0 Å². The van der Waals surface area contributed by atoms with Gasteiger partial charge in [0.1, 0.15) is 0 Å². The summed E-state index contributed by atoms with van der Waals surface area (Å²) in [6.07, 6.45) is 3.11.